The van der Waals surface area contributed by atoms with Crippen molar-refractivity contribution < 1.29 is 19.7 Å². The average molecular weight is 244 g/mol. The molecule has 0 radical (unpaired) electrons. The summed E-state index contributed by atoms with van der Waals surface area (Å²) in [6.07, 6.45) is 0. The van der Waals surface area contributed by atoms with E-state index in [1.165, 1.54) is 20.3 Å². The Morgan fingerprint density at radius 2 is 1.29 bits per heavy atom. The molecule has 1 aromatic carbocycles. The van der Waals surface area contributed by atoms with Gasteiger partial charge in [-0.1, -0.05) is 27.7 Å². The van der Waals surface area contributed by atoms with E-state index < -0.39 is 0 Å². The first kappa shape index (κ1) is 17.8. The molecule has 0 aliphatic rings. The van der Waals surface area contributed by atoms with E-state index in [9.17, 15) is 10.2 Å². The van der Waals surface area contributed by atoms with Crippen LogP contribution in [-0.2, 0) is 0 Å². The number of hydrogen-bond acceptors (Lipinski definition) is 4. The van der Waals surface area contributed by atoms with Crippen molar-refractivity contribution in [3.05, 3.63) is 11.6 Å². The summed E-state index contributed by atoms with van der Waals surface area (Å²) in [5.41, 5.74) is 0.537. The van der Waals surface area contributed by atoms with Crippen LogP contribution in [0.2, 0.25) is 0 Å². The monoisotopic (exact) mass is 244 g/mol. The van der Waals surface area contributed by atoms with Gasteiger partial charge in [-0.05, 0) is 18.6 Å². The maximum atomic E-state index is 9.52. The first-order valence-electron chi connectivity index (χ1n) is 5.75. The minimum atomic E-state index is -0.0466. The molecule has 0 unspecified atom stereocenters. The van der Waals surface area contributed by atoms with Crippen molar-refractivity contribution in [2.45, 2.75) is 34.6 Å². The van der Waals surface area contributed by atoms with Crippen LogP contribution in [0.25, 0.3) is 0 Å². The summed E-state index contributed by atoms with van der Waals surface area (Å²) in [6.45, 7) is 9.66. The summed E-state index contributed by atoms with van der Waals surface area (Å²) >= 11 is 0. The van der Waals surface area contributed by atoms with E-state index in [0.717, 1.165) is 0 Å². The Morgan fingerprint density at radius 1 is 0.882 bits per heavy atom. The topological polar surface area (TPSA) is 58.9 Å². The Labute approximate surface area is 104 Å². The van der Waals surface area contributed by atoms with Crippen LogP contribution in [0.3, 0.4) is 0 Å². The molecular formula is C13H24O4. The Hall–Kier alpha value is -1.58. The number of aromatic hydroxyl groups is 2. The lowest BCUT2D eigenvalue weighted by atomic mass is 10.2. The minimum absolute atomic E-state index is 0.0165. The van der Waals surface area contributed by atoms with Crippen LogP contribution >= 0.6 is 0 Å². The number of benzene rings is 1. The van der Waals surface area contributed by atoms with Crippen molar-refractivity contribution in [2.24, 2.45) is 0 Å². The summed E-state index contributed by atoms with van der Waals surface area (Å²) in [5, 5.41) is 18.9. The molecule has 0 fully saturated rings. The molecule has 1 aromatic rings. The normalized spacial score (nSPS) is 8.18. The van der Waals surface area contributed by atoms with E-state index in [2.05, 4.69) is 0 Å². The molecule has 0 aliphatic carbocycles. The molecule has 0 saturated carbocycles. The van der Waals surface area contributed by atoms with E-state index in [4.69, 9.17) is 9.47 Å². The van der Waals surface area contributed by atoms with Crippen molar-refractivity contribution in [3.63, 3.8) is 0 Å². The van der Waals surface area contributed by atoms with E-state index in [1.807, 2.05) is 27.7 Å². The van der Waals surface area contributed by atoms with Gasteiger partial charge < -0.3 is 19.7 Å². The summed E-state index contributed by atoms with van der Waals surface area (Å²) in [4.78, 5) is 0. The van der Waals surface area contributed by atoms with Crippen LogP contribution in [0.5, 0.6) is 23.0 Å². The molecule has 0 spiro atoms. The van der Waals surface area contributed by atoms with Gasteiger partial charge in [0.25, 0.3) is 0 Å². The van der Waals surface area contributed by atoms with Crippen LogP contribution in [0.15, 0.2) is 6.07 Å². The highest BCUT2D eigenvalue weighted by atomic mass is 16.5. The van der Waals surface area contributed by atoms with Crippen molar-refractivity contribution in [1.82, 2.24) is 0 Å². The van der Waals surface area contributed by atoms with E-state index in [0.29, 0.717) is 5.56 Å². The number of phenolic OH excluding ortho intramolecular Hbond substituents is 2. The van der Waals surface area contributed by atoms with Crippen molar-refractivity contribution in [2.75, 3.05) is 14.2 Å². The third-order valence-corrected chi connectivity index (χ3v) is 1.79. The van der Waals surface area contributed by atoms with Gasteiger partial charge in [-0.3, -0.25) is 0 Å². The highest BCUT2D eigenvalue weighted by Gasteiger charge is 2.16. The fourth-order valence-corrected chi connectivity index (χ4v) is 1.13. The fraction of sp³-hybridized carbons (Fsp3) is 0.538. The van der Waals surface area contributed by atoms with Crippen LogP contribution in [-0.4, -0.2) is 24.4 Å². The van der Waals surface area contributed by atoms with Gasteiger partial charge in [-0.2, -0.15) is 0 Å². The highest BCUT2D eigenvalue weighted by molar-refractivity contribution is 5.61. The van der Waals surface area contributed by atoms with Gasteiger partial charge >= 0.3 is 0 Å². The number of rotatable bonds is 2. The fourth-order valence-electron chi connectivity index (χ4n) is 1.13. The average Bonchev–Trinajstić information content (AvgIpc) is 2.38. The molecule has 17 heavy (non-hydrogen) atoms. The summed E-state index contributed by atoms with van der Waals surface area (Å²) in [5.74, 6) is 0.234. The zero-order chi connectivity index (χ0) is 14.0. The van der Waals surface area contributed by atoms with Gasteiger partial charge in [0.05, 0.1) is 14.2 Å². The minimum Gasteiger partial charge on any atom is -0.504 e. The molecule has 0 saturated heterocycles. The molecule has 4 nitrogen and oxygen atoms in total. The lowest BCUT2D eigenvalue weighted by Crippen LogP contribution is -1.92. The van der Waals surface area contributed by atoms with Crippen LogP contribution in [0.1, 0.15) is 33.3 Å². The van der Waals surface area contributed by atoms with Crippen LogP contribution < -0.4 is 9.47 Å². The van der Waals surface area contributed by atoms with Gasteiger partial charge in [-0.15, -0.1) is 0 Å². The second-order valence-electron chi connectivity index (χ2n) is 2.63. The standard InChI is InChI=1S/C9H12O4.2C2H6/c1-5-4-6(10)8(12-2)9(13-3)7(5)11;2*1-2/h4,10-11H,1-3H3;2*1-2H3. The van der Waals surface area contributed by atoms with E-state index in [-0.39, 0.29) is 23.0 Å². The lowest BCUT2D eigenvalue weighted by Gasteiger charge is -2.12. The number of phenols is 2. The van der Waals surface area contributed by atoms with Crippen molar-refractivity contribution in [3.8, 4) is 23.0 Å². The van der Waals surface area contributed by atoms with Gasteiger partial charge in [0, 0.05) is 0 Å². The van der Waals surface area contributed by atoms with Crippen LogP contribution in [0, 0.1) is 6.92 Å². The second-order valence-corrected chi connectivity index (χ2v) is 2.63. The zero-order valence-electron chi connectivity index (χ0n) is 11.8. The Morgan fingerprint density at radius 3 is 1.65 bits per heavy atom. The third-order valence-electron chi connectivity index (χ3n) is 1.79. The van der Waals surface area contributed by atoms with Gasteiger partial charge in [-0.25, -0.2) is 0 Å². The largest absolute Gasteiger partial charge is 0.504 e. The lowest BCUT2D eigenvalue weighted by molar-refractivity contribution is 0.315. The Kier molecular flexibility index (Phi) is 10.1. The molecule has 0 atom stereocenters. The van der Waals surface area contributed by atoms with E-state index >= 15 is 0 Å². The molecule has 0 bridgehead atoms. The number of methoxy groups -OCH3 is 2. The third kappa shape index (κ3) is 4.43. The summed E-state index contributed by atoms with van der Waals surface area (Å²) < 4.78 is 9.76. The first-order chi connectivity index (χ1) is 8.11. The molecule has 2 N–H and O–H groups in total. The van der Waals surface area contributed by atoms with Gasteiger partial charge in [0.2, 0.25) is 11.5 Å². The van der Waals surface area contributed by atoms with Crippen molar-refractivity contribution >= 4 is 0 Å². The number of hydrogen-bond donors (Lipinski definition) is 2. The molecule has 0 aromatic heterocycles. The van der Waals surface area contributed by atoms with Crippen molar-refractivity contribution in [1.29, 1.82) is 0 Å². The Balaban J connectivity index is 0. The van der Waals surface area contributed by atoms with Gasteiger partial charge in [0.1, 0.15) is 0 Å². The predicted octanol–water partition coefficient (Wildman–Crippen LogP) is 3.48. The zero-order valence-corrected chi connectivity index (χ0v) is 11.8. The summed E-state index contributed by atoms with van der Waals surface area (Å²) in [7, 11) is 2.79. The predicted molar refractivity (Wildman–Crippen MR) is 70.3 cm³/mol. The molecule has 100 valence electrons. The summed E-state index contributed by atoms with van der Waals surface area (Å²) in [6, 6.07) is 1.41. The Bertz CT molecular complexity index is 322. The maximum absolute atomic E-state index is 9.52. The number of aryl methyl sites for hydroxylation is 1. The molecular weight excluding hydrogens is 220 g/mol. The molecule has 0 aliphatic heterocycles. The van der Waals surface area contributed by atoms with E-state index in [1.54, 1.807) is 6.92 Å². The van der Waals surface area contributed by atoms with Crippen LogP contribution in [0.4, 0.5) is 0 Å². The molecule has 4 heteroatoms. The quantitative estimate of drug-likeness (QED) is 0.782. The number of ether oxygens (including phenoxy) is 2. The molecule has 0 heterocycles. The molecule has 0 amide bonds. The second kappa shape index (κ2) is 9.63. The first-order valence-corrected chi connectivity index (χ1v) is 5.75. The smallest absolute Gasteiger partial charge is 0.207 e. The highest BCUT2D eigenvalue weighted by Crippen LogP contribution is 2.44. The van der Waals surface area contributed by atoms with Gasteiger partial charge in [0.15, 0.2) is 11.5 Å². The molecule has 1 rings (SSSR count). The maximum Gasteiger partial charge on any atom is 0.207 e. The SMILES string of the molecule is CC.CC.COc1c(O)cc(C)c(O)c1OC.